The first-order chi connectivity index (χ1) is 7.11. The molecule has 0 aromatic heterocycles. The SMILES string of the molecule is CN(C)CC(CN)Cc1ccc(F)cc1. The molecule has 0 heterocycles. The molecule has 1 unspecified atom stereocenters. The number of nitrogens with zero attached hydrogens (tertiary/aromatic N) is 1. The Kier molecular flexibility index (Phi) is 4.72. The zero-order chi connectivity index (χ0) is 11.3. The van der Waals surface area contributed by atoms with Crippen LogP contribution in [0.25, 0.3) is 0 Å². The van der Waals surface area contributed by atoms with Crippen molar-refractivity contribution in [3.8, 4) is 0 Å². The van der Waals surface area contributed by atoms with Gasteiger partial charge in [0.2, 0.25) is 0 Å². The molecular weight excluding hydrogens is 191 g/mol. The molecule has 2 nitrogen and oxygen atoms in total. The van der Waals surface area contributed by atoms with E-state index in [9.17, 15) is 4.39 Å². The molecule has 0 saturated carbocycles. The second-order valence-electron chi connectivity index (χ2n) is 4.19. The van der Waals surface area contributed by atoms with Crippen molar-refractivity contribution in [2.45, 2.75) is 6.42 Å². The Morgan fingerprint density at radius 1 is 1.27 bits per heavy atom. The van der Waals surface area contributed by atoms with E-state index in [-0.39, 0.29) is 5.82 Å². The minimum absolute atomic E-state index is 0.185. The summed E-state index contributed by atoms with van der Waals surface area (Å²) in [4.78, 5) is 2.13. The van der Waals surface area contributed by atoms with E-state index in [4.69, 9.17) is 5.73 Å². The molecule has 1 aromatic carbocycles. The quantitative estimate of drug-likeness (QED) is 0.798. The van der Waals surface area contributed by atoms with Crippen LogP contribution in [0, 0.1) is 11.7 Å². The smallest absolute Gasteiger partial charge is 0.123 e. The third-order valence-corrected chi connectivity index (χ3v) is 2.39. The van der Waals surface area contributed by atoms with Crippen molar-refractivity contribution in [3.63, 3.8) is 0 Å². The summed E-state index contributed by atoms with van der Waals surface area (Å²) in [5.74, 6) is 0.251. The number of hydrogen-bond acceptors (Lipinski definition) is 2. The number of benzene rings is 1. The largest absolute Gasteiger partial charge is 0.330 e. The molecule has 0 aliphatic heterocycles. The van der Waals surface area contributed by atoms with E-state index in [0.717, 1.165) is 18.5 Å². The van der Waals surface area contributed by atoms with Crippen LogP contribution in [0.2, 0.25) is 0 Å². The van der Waals surface area contributed by atoms with Crippen molar-refractivity contribution in [1.82, 2.24) is 4.90 Å². The van der Waals surface area contributed by atoms with Crippen LogP contribution in [-0.2, 0) is 6.42 Å². The molecule has 0 fully saturated rings. The Balaban J connectivity index is 2.54. The lowest BCUT2D eigenvalue weighted by Crippen LogP contribution is -2.29. The summed E-state index contributed by atoms with van der Waals surface area (Å²) in [5, 5.41) is 0. The summed E-state index contributed by atoms with van der Waals surface area (Å²) in [7, 11) is 4.07. The van der Waals surface area contributed by atoms with Gasteiger partial charge < -0.3 is 10.6 Å². The highest BCUT2D eigenvalue weighted by molar-refractivity contribution is 5.16. The molecule has 2 N–H and O–H groups in total. The van der Waals surface area contributed by atoms with Crippen LogP contribution in [-0.4, -0.2) is 32.1 Å². The van der Waals surface area contributed by atoms with E-state index in [0.29, 0.717) is 12.5 Å². The fourth-order valence-electron chi connectivity index (χ4n) is 1.69. The van der Waals surface area contributed by atoms with Crippen LogP contribution in [0.15, 0.2) is 24.3 Å². The van der Waals surface area contributed by atoms with Gasteiger partial charge in [-0.3, -0.25) is 0 Å². The Labute approximate surface area is 90.9 Å². The van der Waals surface area contributed by atoms with Crippen LogP contribution >= 0.6 is 0 Å². The molecule has 15 heavy (non-hydrogen) atoms. The molecule has 0 bridgehead atoms. The van der Waals surface area contributed by atoms with Gasteiger partial charge in [-0.05, 0) is 50.7 Å². The third-order valence-electron chi connectivity index (χ3n) is 2.39. The second kappa shape index (κ2) is 5.83. The molecule has 0 aliphatic carbocycles. The van der Waals surface area contributed by atoms with Gasteiger partial charge in [-0.2, -0.15) is 0 Å². The standard InChI is InChI=1S/C12H19FN2/c1-15(2)9-11(8-14)7-10-3-5-12(13)6-4-10/h3-6,11H,7-9,14H2,1-2H3. The maximum Gasteiger partial charge on any atom is 0.123 e. The highest BCUT2D eigenvalue weighted by atomic mass is 19.1. The van der Waals surface area contributed by atoms with Crippen molar-refractivity contribution in [1.29, 1.82) is 0 Å². The molecule has 0 saturated heterocycles. The average Bonchev–Trinajstić information content (AvgIpc) is 2.19. The van der Waals surface area contributed by atoms with Crippen LogP contribution in [0.4, 0.5) is 4.39 Å². The fraction of sp³-hybridized carbons (Fsp3) is 0.500. The van der Waals surface area contributed by atoms with E-state index in [1.807, 2.05) is 26.2 Å². The molecule has 3 heteroatoms. The zero-order valence-electron chi connectivity index (χ0n) is 9.41. The topological polar surface area (TPSA) is 29.3 Å². The van der Waals surface area contributed by atoms with Crippen molar-refractivity contribution in [2.24, 2.45) is 11.7 Å². The highest BCUT2D eigenvalue weighted by Crippen LogP contribution is 2.09. The van der Waals surface area contributed by atoms with Crippen molar-refractivity contribution in [2.75, 3.05) is 27.2 Å². The van der Waals surface area contributed by atoms with E-state index in [1.165, 1.54) is 12.1 Å². The molecule has 1 rings (SSSR count). The molecule has 1 atom stereocenters. The van der Waals surface area contributed by atoms with Gasteiger partial charge in [-0.15, -0.1) is 0 Å². The summed E-state index contributed by atoms with van der Waals surface area (Å²) in [6, 6.07) is 6.65. The lowest BCUT2D eigenvalue weighted by atomic mass is 9.99. The molecule has 0 radical (unpaired) electrons. The lowest BCUT2D eigenvalue weighted by molar-refractivity contribution is 0.327. The highest BCUT2D eigenvalue weighted by Gasteiger charge is 2.08. The van der Waals surface area contributed by atoms with Gasteiger partial charge in [0.25, 0.3) is 0 Å². The summed E-state index contributed by atoms with van der Waals surface area (Å²) in [5.41, 5.74) is 6.85. The molecular formula is C12H19FN2. The molecule has 0 aliphatic rings. The summed E-state index contributed by atoms with van der Waals surface area (Å²) in [6.07, 6.45) is 0.912. The normalized spacial score (nSPS) is 13.1. The van der Waals surface area contributed by atoms with Crippen LogP contribution < -0.4 is 5.73 Å². The van der Waals surface area contributed by atoms with Gasteiger partial charge in [0.05, 0.1) is 0 Å². The average molecular weight is 210 g/mol. The first-order valence-corrected chi connectivity index (χ1v) is 5.21. The van der Waals surface area contributed by atoms with Crippen molar-refractivity contribution < 1.29 is 4.39 Å². The number of rotatable bonds is 5. The van der Waals surface area contributed by atoms with Crippen LogP contribution in [0.5, 0.6) is 0 Å². The first-order valence-electron chi connectivity index (χ1n) is 5.21. The predicted molar refractivity (Wildman–Crippen MR) is 61.2 cm³/mol. The third kappa shape index (κ3) is 4.40. The van der Waals surface area contributed by atoms with E-state index in [2.05, 4.69) is 4.90 Å². The first kappa shape index (κ1) is 12.1. The minimum Gasteiger partial charge on any atom is -0.330 e. The van der Waals surface area contributed by atoms with E-state index in [1.54, 1.807) is 0 Å². The van der Waals surface area contributed by atoms with Gasteiger partial charge in [-0.25, -0.2) is 4.39 Å². The minimum atomic E-state index is -0.185. The van der Waals surface area contributed by atoms with Gasteiger partial charge >= 0.3 is 0 Å². The Morgan fingerprint density at radius 2 is 1.87 bits per heavy atom. The van der Waals surface area contributed by atoms with E-state index < -0.39 is 0 Å². The van der Waals surface area contributed by atoms with E-state index >= 15 is 0 Å². The Bertz CT molecular complexity index is 282. The fourth-order valence-corrected chi connectivity index (χ4v) is 1.69. The maximum atomic E-state index is 12.7. The second-order valence-corrected chi connectivity index (χ2v) is 4.19. The van der Waals surface area contributed by atoms with Gasteiger partial charge in [0, 0.05) is 6.54 Å². The number of halogens is 1. The summed E-state index contributed by atoms with van der Waals surface area (Å²) < 4.78 is 12.7. The van der Waals surface area contributed by atoms with Crippen LogP contribution in [0.3, 0.4) is 0 Å². The monoisotopic (exact) mass is 210 g/mol. The van der Waals surface area contributed by atoms with Crippen molar-refractivity contribution >= 4 is 0 Å². The summed E-state index contributed by atoms with van der Waals surface area (Å²) in [6.45, 7) is 1.63. The van der Waals surface area contributed by atoms with Crippen molar-refractivity contribution in [3.05, 3.63) is 35.6 Å². The van der Waals surface area contributed by atoms with Crippen LogP contribution in [0.1, 0.15) is 5.56 Å². The number of hydrogen-bond donors (Lipinski definition) is 1. The lowest BCUT2D eigenvalue weighted by Gasteiger charge is -2.19. The Morgan fingerprint density at radius 3 is 2.33 bits per heavy atom. The van der Waals surface area contributed by atoms with Gasteiger partial charge in [0.15, 0.2) is 0 Å². The Hall–Kier alpha value is -0.930. The number of nitrogens with two attached hydrogens (primary N) is 1. The predicted octanol–water partition coefficient (Wildman–Crippen LogP) is 1.50. The molecule has 84 valence electrons. The molecule has 1 aromatic rings. The van der Waals surface area contributed by atoms with Gasteiger partial charge in [-0.1, -0.05) is 12.1 Å². The maximum absolute atomic E-state index is 12.7. The molecule has 0 spiro atoms. The summed E-state index contributed by atoms with van der Waals surface area (Å²) >= 11 is 0. The van der Waals surface area contributed by atoms with Gasteiger partial charge in [0.1, 0.15) is 5.82 Å². The zero-order valence-corrected chi connectivity index (χ0v) is 9.41. The molecule has 0 amide bonds.